The van der Waals surface area contributed by atoms with Gasteiger partial charge < -0.3 is 10.0 Å². The van der Waals surface area contributed by atoms with Gasteiger partial charge in [0, 0.05) is 13.0 Å². The Morgan fingerprint density at radius 2 is 0.683 bits per heavy atom. The Morgan fingerprint density at radius 3 is 0.951 bits per heavy atom. The molecular weight excluding hydrogens is 502 g/mol. The Kier molecular flexibility index (Phi) is 33.5. The lowest BCUT2D eigenvalue weighted by atomic mass is 10.0. The van der Waals surface area contributed by atoms with E-state index in [1.807, 2.05) is 0 Å². The smallest absolute Gasteiger partial charge is 0.224 e. The molecule has 0 rings (SSSR count). The fraction of sp³-hybridized carbons (Fsp3) is 0.974. The zero-order valence-electron chi connectivity index (χ0n) is 28.7. The third-order valence-corrected chi connectivity index (χ3v) is 9.02. The molecule has 0 aliphatic rings. The van der Waals surface area contributed by atoms with Gasteiger partial charge in [0.15, 0.2) is 0 Å². The van der Waals surface area contributed by atoms with E-state index in [9.17, 15) is 9.90 Å². The quantitative estimate of drug-likeness (QED) is 0.0608. The van der Waals surface area contributed by atoms with Crippen LogP contribution in [0.5, 0.6) is 0 Å². The second-order valence-electron chi connectivity index (χ2n) is 13.2. The van der Waals surface area contributed by atoms with Crippen molar-refractivity contribution < 1.29 is 9.90 Å². The molecule has 0 aromatic heterocycles. The van der Waals surface area contributed by atoms with Crippen molar-refractivity contribution in [2.75, 3.05) is 6.54 Å². The lowest BCUT2D eigenvalue weighted by Crippen LogP contribution is -2.39. The molecule has 3 heteroatoms. The van der Waals surface area contributed by atoms with Crippen LogP contribution in [0.3, 0.4) is 0 Å². The first-order valence-corrected chi connectivity index (χ1v) is 19.1. The minimum atomic E-state index is -0.657. The second-order valence-corrected chi connectivity index (χ2v) is 13.2. The number of hydrogen-bond donors (Lipinski definition) is 1. The van der Waals surface area contributed by atoms with E-state index in [4.69, 9.17) is 0 Å². The van der Waals surface area contributed by atoms with Crippen LogP contribution in [-0.4, -0.2) is 28.7 Å². The highest BCUT2D eigenvalue weighted by Crippen LogP contribution is 2.16. The van der Waals surface area contributed by atoms with Crippen LogP contribution < -0.4 is 0 Å². The Labute approximate surface area is 259 Å². The van der Waals surface area contributed by atoms with Crippen molar-refractivity contribution in [3.8, 4) is 0 Å². The summed E-state index contributed by atoms with van der Waals surface area (Å²) in [6.07, 6.45) is 41.8. The monoisotopic (exact) mass is 580 g/mol. The Bertz CT molecular complexity index is 507. The summed E-state index contributed by atoms with van der Waals surface area (Å²) in [5.41, 5.74) is 0. The van der Waals surface area contributed by atoms with Gasteiger partial charge in [-0.3, -0.25) is 4.79 Å². The highest BCUT2D eigenvalue weighted by molar-refractivity contribution is 5.76. The minimum absolute atomic E-state index is 0.149. The van der Waals surface area contributed by atoms with Crippen LogP contribution in [0.1, 0.15) is 226 Å². The molecule has 1 amide bonds. The number of amides is 1. The number of aliphatic hydroxyl groups excluding tert-OH is 1. The van der Waals surface area contributed by atoms with Crippen LogP contribution in [0.15, 0.2) is 0 Å². The van der Waals surface area contributed by atoms with Gasteiger partial charge in [-0.15, -0.1) is 0 Å². The molecule has 3 nitrogen and oxygen atoms in total. The number of nitrogens with zero attached hydrogens (tertiary/aromatic N) is 1. The third kappa shape index (κ3) is 30.7. The third-order valence-electron chi connectivity index (χ3n) is 9.02. The van der Waals surface area contributed by atoms with Gasteiger partial charge in [-0.2, -0.15) is 0 Å². The fourth-order valence-corrected chi connectivity index (χ4v) is 6.14. The van der Waals surface area contributed by atoms with Gasteiger partial charge in [-0.25, -0.2) is 0 Å². The number of aliphatic hydroxyl groups is 1. The van der Waals surface area contributed by atoms with Gasteiger partial charge in [-0.1, -0.05) is 200 Å². The maximum Gasteiger partial charge on any atom is 0.224 e. The van der Waals surface area contributed by atoms with Crippen molar-refractivity contribution in [1.29, 1.82) is 0 Å². The van der Waals surface area contributed by atoms with E-state index < -0.39 is 6.23 Å². The summed E-state index contributed by atoms with van der Waals surface area (Å²) in [4.78, 5) is 14.4. The van der Waals surface area contributed by atoms with E-state index in [0.717, 1.165) is 19.3 Å². The first-order chi connectivity index (χ1) is 20.1. The summed E-state index contributed by atoms with van der Waals surface area (Å²) < 4.78 is 0. The van der Waals surface area contributed by atoms with Crippen molar-refractivity contribution in [1.82, 2.24) is 4.90 Å². The standard InChI is InChI=1S/C38H77NO2/c1-4-6-8-10-12-14-16-18-20-22-24-26-28-30-32-34-36-39(37(3)40)38(41)35-33-31-29-27-25-23-21-19-17-15-13-11-9-7-5-2/h37,40H,4-36H2,1-3H3. The van der Waals surface area contributed by atoms with Gasteiger partial charge in [0.25, 0.3) is 0 Å². The van der Waals surface area contributed by atoms with Crippen LogP contribution in [-0.2, 0) is 4.79 Å². The van der Waals surface area contributed by atoms with Crippen molar-refractivity contribution in [3.05, 3.63) is 0 Å². The van der Waals surface area contributed by atoms with Gasteiger partial charge in [0.1, 0.15) is 6.23 Å². The molecule has 0 aliphatic heterocycles. The molecule has 0 fully saturated rings. The first-order valence-electron chi connectivity index (χ1n) is 19.1. The van der Waals surface area contributed by atoms with Gasteiger partial charge in [0.2, 0.25) is 5.91 Å². The summed E-state index contributed by atoms with van der Waals surface area (Å²) in [6, 6.07) is 0. The molecule has 0 radical (unpaired) electrons. The molecular formula is C38H77NO2. The lowest BCUT2D eigenvalue weighted by Gasteiger charge is -2.25. The second kappa shape index (κ2) is 33.9. The Balaban J connectivity index is 3.51. The molecule has 246 valence electrons. The molecule has 0 spiro atoms. The summed E-state index contributed by atoms with van der Waals surface area (Å²) >= 11 is 0. The number of hydrogen-bond acceptors (Lipinski definition) is 2. The Hall–Kier alpha value is -0.570. The molecule has 0 bridgehead atoms. The summed E-state index contributed by atoms with van der Waals surface area (Å²) in [5, 5.41) is 10.1. The minimum Gasteiger partial charge on any atom is -0.374 e. The van der Waals surface area contributed by atoms with Gasteiger partial charge >= 0.3 is 0 Å². The molecule has 41 heavy (non-hydrogen) atoms. The molecule has 0 aromatic carbocycles. The maximum atomic E-state index is 12.7. The normalized spacial score (nSPS) is 12.2. The molecule has 1 atom stereocenters. The summed E-state index contributed by atoms with van der Waals surface area (Å²) in [5.74, 6) is 0.149. The van der Waals surface area contributed by atoms with Crippen molar-refractivity contribution in [2.24, 2.45) is 0 Å². The van der Waals surface area contributed by atoms with Gasteiger partial charge in [0.05, 0.1) is 0 Å². The van der Waals surface area contributed by atoms with E-state index >= 15 is 0 Å². The van der Waals surface area contributed by atoms with E-state index in [2.05, 4.69) is 13.8 Å². The fourth-order valence-electron chi connectivity index (χ4n) is 6.14. The van der Waals surface area contributed by atoms with Crippen LogP contribution in [0, 0.1) is 0 Å². The zero-order valence-corrected chi connectivity index (χ0v) is 28.7. The van der Waals surface area contributed by atoms with E-state index in [1.54, 1.807) is 11.8 Å². The first kappa shape index (κ1) is 40.4. The highest BCUT2D eigenvalue weighted by Gasteiger charge is 2.17. The molecule has 0 aliphatic carbocycles. The number of unbranched alkanes of at least 4 members (excludes halogenated alkanes) is 29. The van der Waals surface area contributed by atoms with E-state index in [1.165, 1.54) is 180 Å². The number of carbonyl (C=O) groups is 1. The lowest BCUT2D eigenvalue weighted by molar-refractivity contribution is -0.140. The molecule has 0 saturated carbocycles. The van der Waals surface area contributed by atoms with Crippen molar-refractivity contribution in [2.45, 2.75) is 232 Å². The molecule has 0 aromatic rings. The largest absolute Gasteiger partial charge is 0.374 e. The van der Waals surface area contributed by atoms with E-state index in [-0.39, 0.29) is 5.91 Å². The van der Waals surface area contributed by atoms with Crippen molar-refractivity contribution >= 4 is 5.91 Å². The number of rotatable bonds is 34. The summed E-state index contributed by atoms with van der Waals surface area (Å²) in [7, 11) is 0. The van der Waals surface area contributed by atoms with E-state index in [0.29, 0.717) is 13.0 Å². The van der Waals surface area contributed by atoms with Crippen LogP contribution >= 0.6 is 0 Å². The SMILES string of the molecule is CCCCCCCCCCCCCCCCCCN(C(=O)CCCCCCCCCCCCCCCCC)C(C)O. The Morgan fingerprint density at radius 1 is 0.439 bits per heavy atom. The number of carbonyl (C=O) groups excluding carboxylic acids is 1. The van der Waals surface area contributed by atoms with Gasteiger partial charge in [-0.05, 0) is 19.8 Å². The van der Waals surface area contributed by atoms with Crippen LogP contribution in [0.4, 0.5) is 0 Å². The zero-order chi connectivity index (χ0) is 30.1. The molecule has 1 N–H and O–H groups in total. The predicted molar refractivity (Wildman–Crippen MR) is 182 cm³/mol. The predicted octanol–water partition coefficient (Wildman–Crippen LogP) is 12.7. The van der Waals surface area contributed by atoms with Crippen LogP contribution in [0.2, 0.25) is 0 Å². The van der Waals surface area contributed by atoms with Crippen LogP contribution in [0.25, 0.3) is 0 Å². The average molecular weight is 580 g/mol. The molecule has 1 unspecified atom stereocenters. The average Bonchev–Trinajstić information content (AvgIpc) is 2.96. The molecule has 0 saturated heterocycles. The highest BCUT2D eigenvalue weighted by atomic mass is 16.3. The van der Waals surface area contributed by atoms with Crippen molar-refractivity contribution in [3.63, 3.8) is 0 Å². The topological polar surface area (TPSA) is 40.5 Å². The molecule has 0 heterocycles. The maximum absolute atomic E-state index is 12.7. The summed E-state index contributed by atoms with van der Waals surface area (Å²) in [6.45, 7) is 7.04.